The van der Waals surface area contributed by atoms with Crippen LogP contribution >= 0.6 is 0 Å². The summed E-state index contributed by atoms with van der Waals surface area (Å²) in [6.45, 7) is 3.68. The van der Waals surface area contributed by atoms with Crippen LogP contribution in [-0.4, -0.2) is 67.4 Å². The van der Waals surface area contributed by atoms with E-state index in [1.165, 1.54) is 0 Å². The zero-order valence-corrected chi connectivity index (χ0v) is 15.4. The SMILES string of the molecule is COc1cccc(Oc2ccc(NC(=O)N3CCN(CCO)CC3)cc2)c1. The van der Waals surface area contributed by atoms with E-state index >= 15 is 0 Å². The van der Waals surface area contributed by atoms with Gasteiger partial charge in [-0.05, 0) is 36.4 Å². The number of carbonyl (C=O) groups excluding carboxylic acids is 1. The van der Waals surface area contributed by atoms with Gasteiger partial charge in [-0.3, -0.25) is 4.90 Å². The van der Waals surface area contributed by atoms with E-state index in [-0.39, 0.29) is 12.6 Å². The fourth-order valence-electron chi connectivity index (χ4n) is 2.93. The highest BCUT2D eigenvalue weighted by atomic mass is 16.5. The molecule has 0 bridgehead atoms. The number of nitrogens with zero attached hydrogens (tertiary/aromatic N) is 2. The first-order chi connectivity index (χ1) is 13.2. The molecule has 2 N–H and O–H groups in total. The summed E-state index contributed by atoms with van der Waals surface area (Å²) >= 11 is 0. The van der Waals surface area contributed by atoms with E-state index in [4.69, 9.17) is 14.6 Å². The lowest BCUT2D eigenvalue weighted by Gasteiger charge is -2.34. The monoisotopic (exact) mass is 371 g/mol. The van der Waals surface area contributed by atoms with Crippen molar-refractivity contribution in [1.29, 1.82) is 0 Å². The van der Waals surface area contributed by atoms with Crippen molar-refractivity contribution in [3.63, 3.8) is 0 Å². The average molecular weight is 371 g/mol. The van der Waals surface area contributed by atoms with Crippen LogP contribution < -0.4 is 14.8 Å². The summed E-state index contributed by atoms with van der Waals surface area (Å²) in [6, 6.07) is 14.5. The van der Waals surface area contributed by atoms with Crippen LogP contribution in [0, 0.1) is 0 Å². The first-order valence-electron chi connectivity index (χ1n) is 8.99. The van der Waals surface area contributed by atoms with Crippen LogP contribution in [0.4, 0.5) is 10.5 Å². The third-order valence-corrected chi connectivity index (χ3v) is 4.46. The molecule has 0 saturated carbocycles. The lowest BCUT2D eigenvalue weighted by atomic mass is 10.3. The normalized spacial score (nSPS) is 14.7. The number of piperazine rings is 1. The molecule has 7 nitrogen and oxygen atoms in total. The molecule has 1 heterocycles. The number of aliphatic hydroxyl groups is 1. The number of amides is 2. The van der Waals surface area contributed by atoms with Gasteiger partial charge in [-0.1, -0.05) is 6.07 Å². The fraction of sp³-hybridized carbons (Fsp3) is 0.350. The van der Waals surface area contributed by atoms with E-state index in [0.717, 1.165) is 24.5 Å². The van der Waals surface area contributed by atoms with Crippen molar-refractivity contribution in [2.24, 2.45) is 0 Å². The third kappa shape index (κ3) is 5.35. The number of hydrogen-bond acceptors (Lipinski definition) is 5. The lowest BCUT2D eigenvalue weighted by molar-refractivity contribution is 0.127. The van der Waals surface area contributed by atoms with Crippen molar-refractivity contribution < 1.29 is 19.4 Å². The Morgan fingerprint density at radius 1 is 1.04 bits per heavy atom. The fourth-order valence-corrected chi connectivity index (χ4v) is 2.93. The number of nitrogens with one attached hydrogen (secondary N) is 1. The molecule has 1 aliphatic rings. The van der Waals surface area contributed by atoms with Crippen LogP contribution in [0.5, 0.6) is 17.2 Å². The maximum Gasteiger partial charge on any atom is 0.321 e. The lowest BCUT2D eigenvalue weighted by Crippen LogP contribution is -2.50. The van der Waals surface area contributed by atoms with Gasteiger partial charge in [0.05, 0.1) is 13.7 Å². The van der Waals surface area contributed by atoms with Crippen molar-refractivity contribution in [2.75, 3.05) is 51.8 Å². The standard InChI is InChI=1S/C20H25N3O4/c1-26-18-3-2-4-19(15-18)27-17-7-5-16(6-8-17)21-20(25)23-11-9-22(10-12-23)13-14-24/h2-8,15,24H,9-14H2,1H3,(H,21,25). The summed E-state index contributed by atoms with van der Waals surface area (Å²) in [5, 5.41) is 11.9. The van der Waals surface area contributed by atoms with Crippen molar-refractivity contribution in [3.8, 4) is 17.2 Å². The minimum Gasteiger partial charge on any atom is -0.497 e. The van der Waals surface area contributed by atoms with Gasteiger partial charge >= 0.3 is 6.03 Å². The van der Waals surface area contributed by atoms with Gasteiger partial charge in [0.2, 0.25) is 0 Å². The summed E-state index contributed by atoms with van der Waals surface area (Å²) in [6.07, 6.45) is 0. The van der Waals surface area contributed by atoms with Gasteiger partial charge in [0.1, 0.15) is 17.2 Å². The van der Waals surface area contributed by atoms with Crippen molar-refractivity contribution in [2.45, 2.75) is 0 Å². The van der Waals surface area contributed by atoms with E-state index in [2.05, 4.69) is 10.2 Å². The number of aliphatic hydroxyl groups excluding tert-OH is 1. The third-order valence-electron chi connectivity index (χ3n) is 4.46. The minimum absolute atomic E-state index is 0.111. The van der Waals surface area contributed by atoms with E-state index in [1.54, 1.807) is 12.0 Å². The quantitative estimate of drug-likeness (QED) is 0.817. The van der Waals surface area contributed by atoms with Gasteiger partial charge in [-0.2, -0.15) is 0 Å². The molecule has 1 saturated heterocycles. The highest BCUT2D eigenvalue weighted by molar-refractivity contribution is 5.89. The number of benzene rings is 2. The molecule has 0 spiro atoms. The Kier molecular flexibility index (Phi) is 6.51. The topological polar surface area (TPSA) is 74.3 Å². The van der Waals surface area contributed by atoms with Crippen LogP contribution in [0.1, 0.15) is 0 Å². The Labute approximate surface area is 159 Å². The van der Waals surface area contributed by atoms with Gasteiger partial charge in [0.15, 0.2) is 0 Å². The molecule has 27 heavy (non-hydrogen) atoms. The predicted molar refractivity (Wildman–Crippen MR) is 104 cm³/mol. The second kappa shape index (κ2) is 9.25. The number of urea groups is 1. The average Bonchev–Trinajstić information content (AvgIpc) is 2.70. The van der Waals surface area contributed by atoms with Crippen LogP contribution in [0.3, 0.4) is 0 Å². The molecular weight excluding hydrogens is 346 g/mol. The minimum atomic E-state index is -0.111. The Morgan fingerprint density at radius 2 is 1.74 bits per heavy atom. The Morgan fingerprint density at radius 3 is 2.41 bits per heavy atom. The van der Waals surface area contributed by atoms with Gasteiger partial charge in [0.25, 0.3) is 0 Å². The molecule has 1 fully saturated rings. The molecule has 0 atom stereocenters. The molecule has 1 aliphatic heterocycles. The molecule has 3 rings (SSSR count). The molecule has 0 radical (unpaired) electrons. The van der Waals surface area contributed by atoms with E-state index in [9.17, 15) is 4.79 Å². The Bertz CT molecular complexity index is 743. The smallest absolute Gasteiger partial charge is 0.321 e. The second-order valence-corrected chi connectivity index (χ2v) is 6.29. The Hall–Kier alpha value is -2.77. The summed E-state index contributed by atoms with van der Waals surface area (Å²) in [7, 11) is 1.61. The second-order valence-electron chi connectivity index (χ2n) is 6.29. The van der Waals surface area contributed by atoms with Crippen LogP contribution in [0.25, 0.3) is 0 Å². The number of ether oxygens (including phenoxy) is 2. The molecule has 2 amide bonds. The molecule has 7 heteroatoms. The molecule has 0 unspecified atom stereocenters. The van der Waals surface area contributed by atoms with Crippen molar-refractivity contribution >= 4 is 11.7 Å². The molecule has 0 aromatic heterocycles. The summed E-state index contributed by atoms with van der Waals surface area (Å²) in [5.74, 6) is 2.10. The van der Waals surface area contributed by atoms with Crippen molar-refractivity contribution in [3.05, 3.63) is 48.5 Å². The van der Waals surface area contributed by atoms with Crippen LogP contribution in [0.2, 0.25) is 0 Å². The summed E-state index contributed by atoms with van der Waals surface area (Å²) < 4.78 is 11.0. The molecule has 2 aromatic rings. The number of anilines is 1. The van der Waals surface area contributed by atoms with E-state index in [0.29, 0.717) is 31.1 Å². The number of rotatable bonds is 6. The molecule has 0 aliphatic carbocycles. The number of hydrogen-bond donors (Lipinski definition) is 2. The maximum absolute atomic E-state index is 12.4. The van der Waals surface area contributed by atoms with Crippen molar-refractivity contribution in [1.82, 2.24) is 9.80 Å². The van der Waals surface area contributed by atoms with Crippen LogP contribution in [0.15, 0.2) is 48.5 Å². The predicted octanol–water partition coefficient (Wildman–Crippen LogP) is 2.63. The summed E-state index contributed by atoms with van der Waals surface area (Å²) in [5.41, 5.74) is 0.718. The van der Waals surface area contributed by atoms with Gasteiger partial charge in [-0.25, -0.2) is 4.79 Å². The van der Waals surface area contributed by atoms with Gasteiger partial charge in [0, 0.05) is 44.5 Å². The van der Waals surface area contributed by atoms with Crippen LogP contribution in [-0.2, 0) is 0 Å². The highest BCUT2D eigenvalue weighted by Crippen LogP contribution is 2.26. The summed E-state index contributed by atoms with van der Waals surface area (Å²) in [4.78, 5) is 16.3. The van der Waals surface area contributed by atoms with Gasteiger partial charge < -0.3 is 24.8 Å². The number of methoxy groups -OCH3 is 1. The van der Waals surface area contributed by atoms with E-state index < -0.39 is 0 Å². The molecule has 2 aromatic carbocycles. The zero-order chi connectivity index (χ0) is 19.1. The molecular formula is C20H25N3O4. The zero-order valence-electron chi connectivity index (χ0n) is 15.4. The first kappa shape index (κ1) is 19.0. The number of β-amino-alcohol motifs (C(OH)–C–C–N with tert-alkyl or cyclic N) is 1. The van der Waals surface area contributed by atoms with Gasteiger partial charge in [-0.15, -0.1) is 0 Å². The largest absolute Gasteiger partial charge is 0.497 e. The first-order valence-corrected chi connectivity index (χ1v) is 8.99. The molecule has 144 valence electrons. The maximum atomic E-state index is 12.4. The Balaban J connectivity index is 1.52. The number of carbonyl (C=O) groups is 1. The highest BCUT2D eigenvalue weighted by Gasteiger charge is 2.20. The van der Waals surface area contributed by atoms with E-state index in [1.807, 2.05) is 48.5 Å².